The number of halogens is 2. The third-order valence-electron chi connectivity index (χ3n) is 3.77. The fourth-order valence-corrected chi connectivity index (χ4v) is 3.11. The van der Waals surface area contributed by atoms with Gasteiger partial charge in [0.25, 0.3) is 0 Å². The van der Waals surface area contributed by atoms with Crippen LogP contribution in [0.5, 0.6) is 0 Å². The summed E-state index contributed by atoms with van der Waals surface area (Å²) in [5, 5.41) is 0.958. The molecule has 120 valence electrons. The molecule has 3 aromatic rings. The summed E-state index contributed by atoms with van der Waals surface area (Å²) in [6, 6.07) is 5.20. The van der Waals surface area contributed by atoms with E-state index in [1.54, 1.807) is 24.5 Å². The first-order chi connectivity index (χ1) is 11.7. The second-order valence-corrected chi connectivity index (χ2v) is 6.20. The summed E-state index contributed by atoms with van der Waals surface area (Å²) in [5.41, 5.74) is 2.07. The lowest BCUT2D eigenvalue weighted by Crippen LogP contribution is -2.32. The first kappa shape index (κ1) is 15.2. The molecule has 24 heavy (non-hydrogen) atoms. The lowest BCUT2D eigenvalue weighted by Gasteiger charge is -2.29. The van der Waals surface area contributed by atoms with Gasteiger partial charge in [-0.05, 0) is 18.2 Å². The third kappa shape index (κ3) is 3.02. The molecule has 1 aliphatic rings. The average Bonchev–Trinajstić information content (AvgIpc) is 2.61. The van der Waals surface area contributed by atoms with Crippen LogP contribution in [0.25, 0.3) is 11.6 Å². The molecule has 0 amide bonds. The van der Waals surface area contributed by atoms with Crippen LogP contribution in [0, 0.1) is 0 Å². The maximum Gasteiger partial charge on any atom is 0.197 e. The fourth-order valence-electron chi connectivity index (χ4n) is 2.65. The molecule has 0 N–H and O–H groups in total. The summed E-state index contributed by atoms with van der Waals surface area (Å²) in [6.07, 6.45) is 5.97. The standard InChI is InChI=1S/C16H12Cl2N6/c17-11-6-13(18)23-14(7-11)24-5-2-12-10(9-24)8-21-16(22-12)15-19-3-1-4-20-15/h1,3-4,6-8H,2,5,9H2. The molecule has 4 heterocycles. The lowest BCUT2D eigenvalue weighted by atomic mass is 10.1. The van der Waals surface area contributed by atoms with E-state index >= 15 is 0 Å². The van der Waals surface area contributed by atoms with Gasteiger partial charge in [0.2, 0.25) is 0 Å². The van der Waals surface area contributed by atoms with Crippen molar-refractivity contribution in [3.63, 3.8) is 0 Å². The molecule has 0 aromatic carbocycles. The van der Waals surface area contributed by atoms with Crippen LogP contribution in [0.1, 0.15) is 11.3 Å². The van der Waals surface area contributed by atoms with Crippen LogP contribution in [0.2, 0.25) is 10.2 Å². The molecule has 4 rings (SSSR count). The summed E-state index contributed by atoms with van der Waals surface area (Å²) in [7, 11) is 0. The molecule has 0 bridgehead atoms. The van der Waals surface area contributed by atoms with Crippen LogP contribution in [0.15, 0.2) is 36.8 Å². The van der Waals surface area contributed by atoms with E-state index in [1.807, 2.05) is 12.3 Å². The van der Waals surface area contributed by atoms with Crippen molar-refractivity contribution in [1.29, 1.82) is 0 Å². The van der Waals surface area contributed by atoms with Crippen molar-refractivity contribution < 1.29 is 0 Å². The Hall–Kier alpha value is -2.31. The zero-order valence-electron chi connectivity index (χ0n) is 12.5. The van der Waals surface area contributed by atoms with Crippen molar-refractivity contribution in [2.75, 3.05) is 11.4 Å². The summed E-state index contributed by atoms with van der Waals surface area (Å²) < 4.78 is 0. The van der Waals surface area contributed by atoms with Crippen molar-refractivity contribution in [3.8, 4) is 11.6 Å². The molecular weight excluding hydrogens is 347 g/mol. The number of fused-ring (bicyclic) bond motifs is 1. The van der Waals surface area contributed by atoms with E-state index in [1.165, 1.54) is 0 Å². The molecule has 0 spiro atoms. The van der Waals surface area contributed by atoms with Gasteiger partial charge in [-0.1, -0.05) is 23.2 Å². The quantitative estimate of drug-likeness (QED) is 0.655. The number of rotatable bonds is 2. The second-order valence-electron chi connectivity index (χ2n) is 5.38. The van der Waals surface area contributed by atoms with E-state index in [4.69, 9.17) is 23.2 Å². The van der Waals surface area contributed by atoms with Gasteiger partial charge in [0, 0.05) is 48.7 Å². The second kappa shape index (κ2) is 6.30. The van der Waals surface area contributed by atoms with Crippen LogP contribution in [0.4, 0.5) is 5.82 Å². The maximum atomic E-state index is 6.07. The molecule has 3 aromatic heterocycles. The Kier molecular flexibility index (Phi) is 4.00. The van der Waals surface area contributed by atoms with Crippen LogP contribution in [-0.2, 0) is 13.0 Å². The molecule has 1 aliphatic heterocycles. The van der Waals surface area contributed by atoms with Gasteiger partial charge in [-0.15, -0.1) is 0 Å². The minimum Gasteiger partial charge on any atom is -0.352 e. The monoisotopic (exact) mass is 358 g/mol. The summed E-state index contributed by atoms with van der Waals surface area (Å²) in [4.78, 5) is 23.8. The van der Waals surface area contributed by atoms with E-state index in [0.717, 1.165) is 30.0 Å². The van der Waals surface area contributed by atoms with Crippen LogP contribution >= 0.6 is 23.2 Å². The van der Waals surface area contributed by atoms with Crippen LogP contribution < -0.4 is 4.90 Å². The summed E-state index contributed by atoms with van der Waals surface area (Å²) >= 11 is 12.1. The molecule has 0 saturated carbocycles. The van der Waals surface area contributed by atoms with Crippen LogP contribution in [0.3, 0.4) is 0 Å². The molecule has 0 fully saturated rings. The Balaban J connectivity index is 1.62. The van der Waals surface area contributed by atoms with Crippen molar-refractivity contribution in [2.45, 2.75) is 13.0 Å². The molecule has 6 nitrogen and oxygen atoms in total. The Morgan fingerprint density at radius 3 is 2.58 bits per heavy atom. The SMILES string of the molecule is Clc1cc(Cl)nc(N2CCc3nc(-c4ncccn4)ncc3C2)c1. The van der Waals surface area contributed by atoms with Crippen LogP contribution in [-0.4, -0.2) is 31.5 Å². The summed E-state index contributed by atoms with van der Waals surface area (Å²) in [6.45, 7) is 1.44. The normalized spacial score (nSPS) is 13.7. The average molecular weight is 359 g/mol. The van der Waals surface area contributed by atoms with Gasteiger partial charge < -0.3 is 4.90 Å². The molecule has 0 saturated heterocycles. The van der Waals surface area contributed by atoms with E-state index in [0.29, 0.717) is 28.4 Å². The number of anilines is 1. The summed E-state index contributed by atoms with van der Waals surface area (Å²) in [5.74, 6) is 1.84. The first-order valence-corrected chi connectivity index (χ1v) is 8.15. The molecule has 0 radical (unpaired) electrons. The minimum absolute atomic E-state index is 0.385. The highest BCUT2D eigenvalue weighted by molar-refractivity contribution is 6.34. The number of hydrogen-bond acceptors (Lipinski definition) is 6. The van der Waals surface area contributed by atoms with Crippen molar-refractivity contribution in [2.24, 2.45) is 0 Å². The van der Waals surface area contributed by atoms with Gasteiger partial charge in [-0.25, -0.2) is 24.9 Å². The Morgan fingerprint density at radius 2 is 1.79 bits per heavy atom. The van der Waals surface area contributed by atoms with E-state index in [9.17, 15) is 0 Å². The number of aromatic nitrogens is 5. The maximum absolute atomic E-state index is 6.07. The van der Waals surface area contributed by atoms with E-state index < -0.39 is 0 Å². The highest BCUT2D eigenvalue weighted by Gasteiger charge is 2.21. The van der Waals surface area contributed by atoms with Gasteiger partial charge in [0.05, 0.1) is 5.69 Å². The van der Waals surface area contributed by atoms with Crippen molar-refractivity contribution >= 4 is 29.0 Å². The molecule has 0 unspecified atom stereocenters. The highest BCUT2D eigenvalue weighted by Crippen LogP contribution is 2.26. The first-order valence-electron chi connectivity index (χ1n) is 7.39. The van der Waals surface area contributed by atoms with E-state index in [-0.39, 0.29) is 0 Å². The van der Waals surface area contributed by atoms with Gasteiger partial charge in [-0.2, -0.15) is 0 Å². The zero-order valence-corrected chi connectivity index (χ0v) is 14.0. The molecule has 8 heteroatoms. The Morgan fingerprint density at radius 1 is 0.958 bits per heavy atom. The topological polar surface area (TPSA) is 67.7 Å². The van der Waals surface area contributed by atoms with Gasteiger partial charge in [-0.3, -0.25) is 0 Å². The number of nitrogens with zero attached hydrogens (tertiary/aromatic N) is 6. The zero-order chi connectivity index (χ0) is 16.5. The predicted molar refractivity (Wildman–Crippen MR) is 92.1 cm³/mol. The van der Waals surface area contributed by atoms with Gasteiger partial charge >= 0.3 is 0 Å². The predicted octanol–water partition coefficient (Wildman–Crippen LogP) is 3.20. The number of hydrogen-bond donors (Lipinski definition) is 0. The fraction of sp³-hybridized carbons (Fsp3) is 0.188. The van der Waals surface area contributed by atoms with Crippen molar-refractivity contribution in [3.05, 3.63) is 58.2 Å². The lowest BCUT2D eigenvalue weighted by molar-refractivity contribution is 0.697. The molecule has 0 aliphatic carbocycles. The third-order valence-corrected chi connectivity index (χ3v) is 4.18. The number of pyridine rings is 1. The van der Waals surface area contributed by atoms with Gasteiger partial charge in [0.15, 0.2) is 11.6 Å². The highest BCUT2D eigenvalue weighted by atomic mass is 35.5. The molecule has 0 atom stereocenters. The largest absolute Gasteiger partial charge is 0.352 e. The molecular formula is C16H12Cl2N6. The Labute approximate surface area is 148 Å². The smallest absolute Gasteiger partial charge is 0.197 e. The van der Waals surface area contributed by atoms with E-state index in [2.05, 4.69) is 29.8 Å². The Bertz CT molecular complexity index is 867. The van der Waals surface area contributed by atoms with Crippen molar-refractivity contribution in [1.82, 2.24) is 24.9 Å². The van der Waals surface area contributed by atoms with Gasteiger partial charge in [0.1, 0.15) is 11.0 Å². The minimum atomic E-state index is 0.385.